The van der Waals surface area contributed by atoms with Crippen LogP contribution in [0.5, 0.6) is 11.5 Å². The highest BCUT2D eigenvalue weighted by atomic mass is 79.9. The van der Waals surface area contributed by atoms with Crippen LogP contribution in [0.1, 0.15) is 5.56 Å². The Kier molecular flexibility index (Phi) is 4.65. The van der Waals surface area contributed by atoms with Crippen molar-refractivity contribution >= 4 is 22.0 Å². The lowest BCUT2D eigenvalue weighted by Crippen LogP contribution is -1.95. The SMILES string of the molecule is COc1cc(Br)cc(OC)c1/C=C/CN. The summed E-state index contributed by atoms with van der Waals surface area (Å²) in [5, 5.41) is 0. The summed E-state index contributed by atoms with van der Waals surface area (Å²) in [4.78, 5) is 0. The van der Waals surface area contributed by atoms with Crippen molar-refractivity contribution in [2.24, 2.45) is 5.73 Å². The average Bonchev–Trinajstić information content (AvgIpc) is 2.26. The number of benzene rings is 1. The monoisotopic (exact) mass is 271 g/mol. The third-order valence-corrected chi connectivity index (χ3v) is 2.39. The second kappa shape index (κ2) is 5.78. The van der Waals surface area contributed by atoms with Crippen LogP contribution in [0.3, 0.4) is 0 Å². The van der Waals surface area contributed by atoms with Crippen LogP contribution in [0.4, 0.5) is 0 Å². The normalized spacial score (nSPS) is 10.7. The van der Waals surface area contributed by atoms with Crippen molar-refractivity contribution in [3.05, 3.63) is 28.2 Å². The van der Waals surface area contributed by atoms with E-state index in [9.17, 15) is 0 Å². The third kappa shape index (κ3) is 2.97. The minimum Gasteiger partial charge on any atom is -0.496 e. The molecule has 3 nitrogen and oxygen atoms in total. The van der Waals surface area contributed by atoms with Crippen LogP contribution in [0.2, 0.25) is 0 Å². The number of hydrogen-bond donors (Lipinski definition) is 1. The molecule has 15 heavy (non-hydrogen) atoms. The molecule has 0 aromatic heterocycles. The lowest BCUT2D eigenvalue weighted by Gasteiger charge is -2.10. The average molecular weight is 272 g/mol. The van der Waals surface area contributed by atoms with Crippen molar-refractivity contribution in [2.75, 3.05) is 20.8 Å². The van der Waals surface area contributed by atoms with Gasteiger partial charge in [0.25, 0.3) is 0 Å². The summed E-state index contributed by atoms with van der Waals surface area (Å²) in [6.07, 6.45) is 3.75. The molecule has 0 aliphatic rings. The van der Waals surface area contributed by atoms with Crippen molar-refractivity contribution in [3.63, 3.8) is 0 Å². The fourth-order valence-electron chi connectivity index (χ4n) is 1.26. The molecule has 0 atom stereocenters. The van der Waals surface area contributed by atoms with E-state index in [-0.39, 0.29) is 0 Å². The zero-order valence-electron chi connectivity index (χ0n) is 8.79. The summed E-state index contributed by atoms with van der Waals surface area (Å²) in [5.74, 6) is 1.51. The molecule has 0 unspecified atom stereocenters. The van der Waals surface area contributed by atoms with E-state index in [2.05, 4.69) is 15.9 Å². The largest absolute Gasteiger partial charge is 0.496 e. The van der Waals surface area contributed by atoms with Gasteiger partial charge in [-0.3, -0.25) is 0 Å². The first kappa shape index (κ1) is 12.1. The highest BCUT2D eigenvalue weighted by molar-refractivity contribution is 9.10. The summed E-state index contributed by atoms with van der Waals surface area (Å²) < 4.78 is 11.4. The van der Waals surface area contributed by atoms with E-state index in [1.165, 1.54) is 0 Å². The van der Waals surface area contributed by atoms with Crippen molar-refractivity contribution in [1.82, 2.24) is 0 Å². The molecule has 4 heteroatoms. The second-order valence-corrected chi connectivity index (χ2v) is 3.78. The van der Waals surface area contributed by atoms with E-state index >= 15 is 0 Å². The van der Waals surface area contributed by atoms with E-state index in [4.69, 9.17) is 15.2 Å². The second-order valence-electron chi connectivity index (χ2n) is 2.86. The summed E-state index contributed by atoms with van der Waals surface area (Å²) >= 11 is 3.39. The van der Waals surface area contributed by atoms with Crippen LogP contribution in [-0.4, -0.2) is 20.8 Å². The minimum absolute atomic E-state index is 0.488. The molecule has 0 heterocycles. The first-order valence-electron chi connectivity index (χ1n) is 4.51. The molecule has 0 radical (unpaired) electrons. The number of rotatable bonds is 4. The molecule has 0 spiro atoms. The van der Waals surface area contributed by atoms with Crippen molar-refractivity contribution in [3.8, 4) is 11.5 Å². The van der Waals surface area contributed by atoms with Crippen LogP contribution in [0.15, 0.2) is 22.7 Å². The molecule has 0 fully saturated rings. The van der Waals surface area contributed by atoms with Crippen molar-refractivity contribution in [2.45, 2.75) is 0 Å². The highest BCUT2D eigenvalue weighted by Crippen LogP contribution is 2.33. The van der Waals surface area contributed by atoms with Gasteiger partial charge in [0.2, 0.25) is 0 Å². The highest BCUT2D eigenvalue weighted by Gasteiger charge is 2.08. The standard InChI is InChI=1S/C11H14BrNO2/c1-14-10-6-8(12)7-11(15-2)9(10)4-3-5-13/h3-4,6-7H,5,13H2,1-2H3/b4-3+. The summed E-state index contributed by atoms with van der Waals surface area (Å²) in [7, 11) is 3.25. The Morgan fingerprint density at radius 1 is 1.27 bits per heavy atom. The molecule has 82 valence electrons. The van der Waals surface area contributed by atoms with Gasteiger partial charge < -0.3 is 15.2 Å². The van der Waals surface area contributed by atoms with Gasteiger partial charge in [0.05, 0.1) is 19.8 Å². The molecule has 2 N–H and O–H groups in total. The summed E-state index contributed by atoms with van der Waals surface area (Å²) in [6, 6.07) is 3.78. The van der Waals surface area contributed by atoms with Gasteiger partial charge in [-0.15, -0.1) is 0 Å². The molecule has 0 saturated carbocycles. The maximum atomic E-state index is 5.41. The maximum absolute atomic E-state index is 5.41. The Hall–Kier alpha value is -1.00. The Bertz CT molecular complexity index is 339. The molecule has 0 aliphatic heterocycles. The van der Waals surface area contributed by atoms with Crippen LogP contribution in [-0.2, 0) is 0 Å². The molecule has 1 aromatic rings. The molecule has 0 bridgehead atoms. The number of nitrogens with two attached hydrogens (primary N) is 1. The lowest BCUT2D eigenvalue weighted by atomic mass is 10.1. The summed E-state index contributed by atoms with van der Waals surface area (Å²) in [6.45, 7) is 0.488. The van der Waals surface area contributed by atoms with Gasteiger partial charge in [-0.2, -0.15) is 0 Å². The molecule has 1 aromatic carbocycles. The lowest BCUT2D eigenvalue weighted by molar-refractivity contribution is 0.392. The Balaban J connectivity index is 3.24. The van der Waals surface area contributed by atoms with Crippen LogP contribution >= 0.6 is 15.9 Å². The smallest absolute Gasteiger partial charge is 0.130 e. The molecule has 1 rings (SSSR count). The predicted octanol–water partition coefficient (Wildman–Crippen LogP) is 2.44. The number of ether oxygens (including phenoxy) is 2. The van der Waals surface area contributed by atoms with E-state index < -0.39 is 0 Å². The first-order valence-corrected chi connectivity index (χ1v) is 5.30. The fraction of sp³-hybridized carbons (Fsp3) is 0.273. The number of hydrogen-bond acceptors (Lipinski definition) is 3. The molecular formula is C11H14BrNO2. The molecule has 0 aliphatic carbocycles. The maximum Gasteiger partial charge on any atom is 0.130 e. The summed E-state index contributed by atoms with van der Waals surface area (Å²) in [5.41, 5.74) is 6.31. The van der Waals surface area contributed by atoms with Gasteiger partial charge >= 0.3 is 0 Å². The van der Waals surface area contributed by atoms with Gasteiger partial charge in [-0.1, -0.05) is 28.1 Å². The molecule has 0 saturated heterocycles. The van der Waals surface area contributed by atoms with E-state index in [1.54, 1.807) is 14.2 Å². The van der Waals surface area contributed by atoms with Gasteiger partial charge in [0, 0.05) is 11.0 Å². The van der Waals surface area contributed by atoms with E-state index in [0.29, 0.717) is 6.54 Å². The van der Waals surface area contributed by atoms with E-state index in [0.717, 1.165) is 21.5 Å². The van der Waals surface area contributed by atoms with Crippen LogP contribution in [0.25, 0.3) is 6.08 Å². The fourth-order valence-corrected chi connectivity index (χ4v) is 1.67. The first-order chi connectivity index (χ1) is 7.22. The van der Waals surface area contributed by atoms with Crippen LogP contribution < -0.4 is 15.2 Å². The zero-order chi connectivity index (χ0) is 11.3. The van der Waals surface area contributed by atoms with Gasteiger partial charge in [-0.05, 0) is 12.1 Å². The third-order valence-electron chi connectivity index (χ3n) is 1.93. The Labute approximate surface area is 98.0 Å². The van der Waals surface area contributed by atoms with E-state index in [1.807, 2.05) is 24.3 Å². The Morgan fingerprint density at radius 2 is 1.80 bits per heavy atom. The Morgan fingerprint density at radius 3 is 2.20 bits per heavy atom. The van der Waals surface area contributed by atoms with Crippen LogP contribution in [0, 0.1) is 0 Å². The van der Waals surface area contributed by atoms with Crippen molar-refractivity contribution < 1.29 is 9.47 Å². The number of halogens is 1. The minimum atomic E-state index is 0.488. The van der Waals surface area contributed by atoms with Gasteiger partial charge in [0.15, 0.2) is 0 Å². The zero-order valence-corrected chi connectivity index (χ0v) is 10.4. The quantitative estimate of drug-likeness (QED) is 0.915. The predicted molar refractivity (Wildman–Crippen MR) is 65.3 cm³/mol. The van der Waals surface area contributed by atoms with Gasteiger partial charge in [-0.25, -0.2) is 0 Å². The molecular weight excluding hydrogens is 258 g/mol. The van der Waals surface area contributed by atoms with Gasteiger partial charge in [0.1, 0.15) is 11.5 Å². The van der Waals surface area contributed by atoms with Crippen molar-refractivity contribution in [1.29, 1.82) is 0 Å². The topological polar surface area (TPSA) is 44.5 Å². The number of methoxy groups -OCH3 is 2. The molecule has 0 amide bonds.